The molecule has 5 heteroatoms. The van der Waals surface area contributed by atoms with Crippen LogP contribution in [-0.4, -0.2) is 32.9 Å². The highest BCUT2D eigenvalue weighted by Gasteiger charge is 2.71. The van der Waals surface area contributed by atoms with Crippen molar-refractivity contribution in [3.63, 3.8) is 0 Å². The van der Waals surface area contributed by atoms with Crippen LogP contribution in [0.2, 0.25) is 0 Å². The lowest BCUT2D eigenvalue weighted by atomic mass is 9.86. The minimum atomic E-state index is -0.503. The van der Waals surface area contributed by atoms with E-state index in [-0.39, 0.29) is 17.2 Å². The largest absolute Gasteiger partial charge is 0.388 e. The molecule has 4 atom stereocenters. The zero-order valence-electron chi connectivity index (χ0n) is 21.3. The summed E-state index contributed by atoms with van der Waals surface area (Å²) in [6, 6.07) is 31.7. The van der Waals surface area contributed by atoms with E-state index in [9.17, 15) is 9.50 Å². The summed E-state index contributed by atoms with van der Waals surface area (Å²) in [5.41, 5.74) is 6.55. The van der Waals surface area contributed by atoms with E-state index in [0.717, 1.165) is 41.8 Å². The minimum Gasteiger partial charge on any atom is -0.388 e. The van der Waals surface area contributed by atoms with Crippen LogP contribution in [-0.2, 0) is 12.0 Å². The van der Waals surface area contributed by atoms with Crippen LogP contribution >= 0.6 is 0 Å². The number of nitrogens with zero attached hydrogens (tertiary/aromatic N) is 3. The van der Waals surface area contributed by atoms with Crippen LogP contribution in [0.3, 0.4) is 0 Å². The topological polar surface area (TPSA) is 41.3 Å². The highest BCUT2D eigenvalue weighted by atomic mass is 19.1. The number of rotatable bonds is 6. The second-order valence-electron chi connectivity index (χ2n) is 10.9. The molecule has 0 amide bonds. The molecule has 38 heavy (non-hydrogen) atoms. The predicted molar refractivity (Wildman–Crippen MR) is 148 cm³/mol. The van der Waals surface area contributed by atoms with Crippen LogP contribution in [0.15, 0.2) is 103 Å². The number of halogens is 1. The quantitative estimate of drug-likeness (QED) is 0.300. The lowest BCUT2D eigenvalue weighted by Crippen LogP contribution is -2.31. The van der Waals surface area contributed by atoms with Gasteiger partial charge in [-0.15, -0.1) is 0 Å². The van der Waals surface area contributed by atoms with Gasteiger partial charge in [0.05, 0.1) is 23.5 Å². The fraction of sp³-hybridized carbons (Fsp3) is 0.242. The van der Waals surface area contributed by atoms with Crippen LogP contribution in [0.4, 0.5) is 4.39 Å². The van der Waals surface area contributed by atoms with Gasteiger partial charge in [0, 0.05) is 36.4 Å². The van der Waals surface area contributed by atoms with Crippen molar-refractivity contribution in [3.05, 3.63) is 131 Å². The van der Waals surface area contributed by atoms with Crippen LogP contribution < -0.4 is 0 Å². The number of hydrogen-bond acceptors (Lipinski definition) is 3. The molecule has 0 spiro atoms. The van der Waals surface area contributed by atoms with E-state index in [1.54, 1.807) is 12.1 Å². The molecule has 1 N–H and O–H groups in total. The lowest BCUT2D eigenvalue weighted by molar-refractivity contribution is 0.119. The van der Waals surface area contributed by atoms with Gasteiger partial charge in [0.15, 0.2) is 0 Å². The molecule has 7 rings (SSSR count). The van der Waals surface area contributed by atoms with Crippen molar-refractivity contribution in [2.24, 2.45) is 11.8 Å². The van der Waals surface area contributed by atoms with E-state index in [4.69, 9.17) is 0 Å². The highest BCUT2D eigenvalue weighted by Crippen LogP contribution is 2.69. The summed E-state index contributed by atoms with van der Waals surface area (Å²) < 4.78 is 15.4. The Bertz CT molecular complexity index is 1600. The molecule has 1 unspecified atom stereocenters. The zero-order valence-corrected chi connectivity index (χ0v) is 21.3. The summed E-state index contributed by atoms with van der Waals surface area (Å²) in [4.78, 5) is 2.54. The molecule has 4 aromatic carbocycles. The van der Waals surface area contributed by atoms with Crippen LogP contribution in [0, 0.1) is 24.6 Å². The number of likely N-dealkylation sites (tertiary alicyclic amines) is 1. The van der Waals surface area contributed by atoms with E-state index in [0.29, 0.717) is 5.92 Å². The third kappa shape index (κ3) is 3.69. The standard InChI is InChI=1S/C33H30FN3O/c1-22-16-30-25(18-35-37(30)27-14-12-26(34)13-15-27)17-28(22)33-21-36(19-23-8-4-2-5-9-23)20-29(33)31(33)32(38)24-10-6-3-7-11-24/h2-18,29,31-32,38H,19-21H2,1H3/t29-,31+,32?,33+/m1/s1. The van der Waals surface area contributed by atoms with Gasteiger partial charge in [0.25, 0.3) is 0 Å². The van der Waals surface area contributed by atoms with E-state index in [1.807, 2.05) is 41.2 Å². The number of benzene rings is 4. The van der Waals surface area contributed by atoms with E-state index < -0.39 is 6.10 Å². The van der Waals surface area contributed by atoms with E-state index in [1.165, 1.54) is 28.8 Å². The Morgan fingerprint density at radius 2 is 1.68 bits per heavy atom. The van der Waals surface area contributed by atoms with E-state index >= 15 is 0 Å². The van der Waals surface area contributed by atoms with Crippen molar-refractivity contribution in [2.75, 3.05) is 13.1 Å². The molecular formula is C33H30FN3O. The van der Waals surface area contributed by atoms with Gasteiger partial charge < -0.3 is 5.11 Å². The molecule has 5 aromatic rings. The number of aryl methyl sites for hydroxylation is 1. The Hall–Kier alpha value is -3.80. The number of aliphatic hydroxyl groups is 1. The van der Waals surface area contributed by atoms with Crippen LogP contribution in [0.1, 0.15) is 28.4 Å². The summed E-state index contributed by atoms with van der Waals surface area (Å²) >= 11 is 0. The smallest absolute Gasteiger partial charge is 0.123 e. The first kappa shape index (κ1) is 23.3. The molecule has 1 aromatic heterocycles. The molecule has 0 bridgehead atoms. The molecule has 1 aliphatic heterocycles. The van der Waals surface area contributed by atoms with Crippen molar-refractivity contribution in [1.82, 2.24) is 14.7 Å². The van der Waals surface area contributed by atoms with Crippen molar-refractivity contribution in [3.8, 4) is 5.69 Å². The number of hydrogen-bond donors (Lipinski definition) is 1. The average Bonchev–Trinajstić information content (AvgIpc) is 3.20. The molecular weight excluding hydrogens is 473 g/mol. The Kier molecular flexibility index (Phi) is 5.46. The second-order valence-corrected chi connectivity index (χ2v) is 10.9. The Labute approximate surface area is 222 Å². The predicted octanol–water partition coefficient (Wildman–Crippen LogP) is 6.21. The SMILES string of the molecule is Cc1cc2c(cnn2-c2ccc(F)cc2)cc1[C@@]12CN(Cc3ccccc3)C[C@@H]1[C@H]2C(O)c1ccccc1. The lowest BCUT2D eigenvalue weighted by Gasteiger charge is -2.27. The molecule has 2 aliphatic rings. The fourth-order valence-electron chi connectivity index (χ4n) is 7.02. The molecule has 2 heterocycles. The first-order valence-corrected chi connectivity index (χ1v) is 13.3. The van der Waals surface area contributed by atoms with Crippen molar-refractivity contribution in [1.29, 1.82) is 0 Å². The Morgan fingerprint density at radius 1 is 0.974 bits per heavy atom. The molecule has 190 valence electrons. The maximum Gasteiger partial charge on any atom is 0.123 e. The summed E-state index contributed by atoms with van der Waals surface area (Å²) in [7, 11) is 0. The fourth-order valence-corrected chi connectivity index (χ4v) is 7.02. The first-order chi connectivity index (χ1) is 18.5. The first-order valence-electron chi connectivity index (χ1n) is 13.3. The van der Waals surface area contributed by atoms with Gasteiger partial charge in [-0.3, -0.25) is 4.90 Å². The monoisotopic (exact) mass is 503 g/mol. The molecule has 0 radical (unpaired) electrons. The van der Waals surface area contributed by atoms with Gasteiger partial charge in [-0.25, -0.2) is 9.07 Å². The van der Waals surface area contributed by atoms with Gasteiger partial charge in [-0.05, 0) is 71.5 Å². The van der Waals surface area contributed by atoms with Gasteiger partial charge in [0.2, 0.25) is 0 Å². The molecule has 4 nitrogen and oxygen atoms in total. The minimum absolute atomic E-state index is 0.111. The van der Waals surface area contributed by atoms with Gasteiger partial charge >= 0.3 is 0 Å². The zero-order chi connectivity index (χ0) is 25.9. The summed E-state index contributed by atoms with van der Waals surface area (Å²) in [5, 5.41) is 17.3. The number of fused-ring (bicyclic) bond motifs is 2. The molecule has 1 aliphatic carbocycles. The average molecular weight is 504 g/mol. The van der Waals surface area contributed by atoms with Crippen molar-refractivity contribution >= 4 is 10.9 Å². The normalized spacial score (nSPS) is 23.4. The molecule has 1 saturated carbocycles. The maximum absolute atomic E-state index is 13.5. The Balaban J connectivity index is 1.28. The third-order valence-corrected chi connectivity index (χ3v) is 8.74. The second kappa shape index (κ2) is 8.90. The highest BCUT2D eigenvalue weighted by molar-refractivity contribution is 5.83. The van der Waals surface area contributed by atoms with Gasteiger partial charge in [-0.2, -0.15) is 5.10 Å². The van der Waals surface area contributed by atoms with E-state index in [2.05, 4.69) is 59.4 Å². The summed E-state index contributed by atoms with van der Waals surface area (Å²) in [6.45, 7) is 4.97. The van der Waals surface area contributed by atoms with Crippen molar-refractivity contribution in [2.45, 2.75) is 25.0 Å². The summed E-state index contributed by atoms with van der Waals surface area (Å²) in [6.07, 6.45) is 1.40. The number of aromatic nitrogens is 2. The number of piperidine rings is 1. The maximum atomic E-state index is 13.5. The molecule has 2 fully saturated rings. The third-order valence-electron chi connectivity index (χ3n) is 8.74. The van der Waals surface area contributed by atoms with Gasteiger partial charge in [0.1, 0.15) is 5.82 Å². The van der Waals surface area contributed by atoms with Crippen LogP contribution in [0.25, 0.3) is 16.6 Å². The van der Waals surface area contributed by atoms with Crippen molar-refractivity contribution < 1.29 is 9.50 Å². The van der Waals surface area contributed by atoms with Crippen LogP contribution in [0.5, 0.6) is 0 Å². The summed E-state index contributed by atoms with van der Waals surface area (Å²) in [5.74, 6) is 0.289. The molecule has 1 saturated heterocycles. The Morgan fingerprint density at radius 3 is 2.42 bits per heavy atom. The number of aliphatic hydroxyl groups excluding tert-OH is 1. The van der Waals surface area contributed by atoms with Gasteiger partial charge in [-0.1, -0.05) is 60.7 Å².